The molecule has 4 atom stereocenters. The molecule has 4 unspecified atom stereocenters. The molecule has 3 aromatic carbocycles. The van der Waals surface area contributed by atoms with Gasteiger partial charge in [-0.25, -0.2) is 14.1 Å². The summed E-state index contributed by atoms with van der Waals surface area (Å²) in [6.45, 7) is 8.70. The zero-order valence-corrected chi connectivity index (χ0v) is 29.3. The zero-order chi connectivity index (χ0) is 35.1. The Morgan fingerprint density at radius 1 is 0.979 bits per heavy atom. The van der Waals surface area contributed by atoms with Gasteiger partial charge in [0.2, 0.25) is 17.4 Å². The summed E-state index contributed by atoms with van der Waals surface area (Å²) >= 11 is 13.1. The van der Waals surface area contributed by atoms with Gasteiger partial charge in [-0.2, -0.15) is 0 Å². The number of Topliss-reactive ketones (excluding diaryl/α,β-unsaturated/α-hetero) is 1. The van der Waals surface area contributed by atoms with Crippen molar-refractivity contribution < 1.29 is 33.4 Å². The summed E-state index contributed by atoms with van der Waals surface area (Å²) in [5.74, 6) is -5.36. The molecule has 0 saturated heterocycles. The van der Waals surface area contributed by atoms with E-state index in [1.54, 1.807) is 49.4 Å². The van der Waals surface area contributed by atoms with E-state index in [0.29, 0.717) is 46.5 Å². The van der Waals surface area contributed by atoms with Gasteiger partial charge in [-0.05, 0) is 85.3 Å². The molecule has 5 rings (SSSR count). The molecular weight excluding hydrogens is 656 g/mol. The summed E-state index contributed by atoms with van der Waals surface area (Å²) in [6.07, 6.45) is 1.70. The fourth-order valence-corrected chi connectivity index (χ4v) is 8.59. The van der Waals surface area contributed by atoms with Gasteiger partial charge in [0, 0.05) is 46.7 Å². The summed E-state index contributed by atoms with van der Waals surface area (Å²) < 4.78 is 21.7. The third-order valence-corrected chi connectivity index (χ3v) is 10.6. The van der Waals surface area contributed by atoms with Crippen LogP contribution in [0.5, 0.6) is 5.75 Å². The average molecular weight is 697 g/mol. The topological polar surface area (TPSA) is 101 Å². The number of rotatable bonds is 10. The number of fused-ring (bicyclic) bond motifs is 2. The number of hydrogen-bond acceptors (Lipinski definition) is 5. The van der Waals surface area contributed by atoms with Crippen LogP contribution in [0.1, 0.15) is 100 Å². The number of carboxylic acids is 1. The molecule has 3 aromatic rings. The highest BCUT2D eigenvalue weighted by Gasteiger charge is 2.66. The molecule has 1 saturated carbocycles. The highest BCUT2D eigenvalue weighted by Crippen LogP contribution is 2.65. The molecule has 7 nitrogen and oxygen atoms in total. The molecule has 1 aliphatic carbocycles. The van der Waals surface area contributed by atoms with Crippen molar-refractivity contribution in [1.29, 1.82) is 0 Å². The van der Waals surface area contributed by atoms with Crippen molar-refractivity contribution in [3.05, 3.63) is 92.7 Å². The number of carbonyl (C=O) groups is 4. The summed E-state index contributed by atoms with van der Waals surface area (Å²) in [7, 11) is 0. The molecule has 1 aliphatic heterocycles. The molecule has 254 valence electrons. The molecule has 2 aliphatic rings. The Morgan fingerprint density at radius 2 is 1.62 bits per heavy atom. The molecule has 2 amide bonds. The number of aryl methyl sites for hydroxylation is 1. The van der Waals surface area contributed by atoms with Crippen molar-refractivity contribution in [2.75, 3.05) is 4.90 Å². The lowest BCUT2D eigenvalue weighted by atomic mass is 9.50. The second-order valence-corrected chi connectivity index (χ2v) is 13.9. The number of ether oxygens (including phenoxy) is 1. The monoisotopic (exact) mass is 695 g/mol. The first kappa shape index (κ1) is 35.6. The first-order valence-electron chi connectivity index (χ1n) is 16.4. The minimum atomic E-state index is -1.64. The van der Waals surface area contributed by atoms with Crippen molar-refractivity contribution in [2.45, 2.75) is 96.0 Å². The van der Waals surface area contributed by atoms with Gasteiger partial charge in [-0.3, -0.25) is 14.4 Å². The van der Waals surface area contributed by atoms with Crippen LogP contribution in [0.25, 0.3) is 0 Å². The van der Waals surface area contributed by atoms with Crippen LogP contribution in [-0.2, 0) is 24.6 Å². The molecule has 0 radical (unpaired) electrons. The predicted octanol–water partition coefficient (Wildman–Crippen LogP) is 8.94. The fraction of sp³-hybridized carbons (Fsp3) is 0.421. The Morgan fingerprint density at radius 3 is 2.23 bits per heavy atom. The second kappa shape index (κ2) is 13.6. The van der Waals surface area contributed by atoms with Crippen LogP contribution in [0.2, 0.25) is 10.0 Å². The first-order chi connectivity index (χ1) is 22.8. The number of halogens is 3. The van der Waals surface area contributed by atoms with E-state index < -0.39 is 52.4 Å². The van der Waals surface area contributed by atoms with Crippen molar-refractivity contribution in [2.24, 2.45) is 5.92 Å². The van der Waals surface area contributed by atoms with Gasteiger partial charge in [0.1, 0.15) is 17.3 Å². The van der Waals surface area contributed by atoms with Crippen molar-refractivity contribution >= 4 is 52.5 Å². The number of nitrogens with zero attached hydrogens (tertiary/aromatic N) is 1. The van der Waals surface area contributed by atoms with E-state index in [1.807, 2.05) is 20.8 Å². The second-order valence-electron chi connectivity index (χ2n) is 13.0. The molecule has 1 heterocycles. The van der Waals surface area contributed by atoms with Crippen LogP contribution in [0, 0.1) is 18.7 Å². The number of benzene rings is 3. The lowest BCUT2D eigenvalue weighted by molar-refractivity contribution is -0.157. The van der Waals surface area contributed by atoms with E-state index in [0.717, 1.165) is 4.90 Å². The number of aliphatic carboxylic acids is 1. The van der Waals surface area contributed by atoms with Gasteiger partial charge >= 0.3 is 5.97 Å². The van der Waals surface area contributed by atoms with E-state index in [9.17, 15) is 19.5 Å². The summed E-state index contributed by atoms with van der Waals surface area (Å²) in [5, 5.41) is 11.1. The summed E-state index contributed by atoms with van der Waals surface area (Å²) in [6, 6.07) is 14.0. The predicted molar refractivity (Wildman–Crippen MR) is 184 cm³/mol. The van der Waals surface area contributed by atoms with E-state index in [-0.39, 0.29) is 41.5 Å². The Labute approximate surface area is 290 Å². The highest BCUT2D eigenvalue weighted by atomic mass is 35.5. The summed E-state index contributed by atoms with van der Waals surface area (Å²) in [4.78, 5) is 56.9. The number of imide groups is 1. The summed E-state index contributed by atoms with van der Waals surface area (Å²) in [5.41, 5.74) is -0.954. The van der Waals surface area contributed by atoms with Crippen molar-refractivity contribution in [3.8, 4) is 5.75 Å². The standard InChI is InChI=1S/C38H40Cl2FNO6/c1-6-15-37(16-7-2,36(46)47)48-33-14-11-23(39)17-28(33)30-20-32(44)26(8-3)34(27-19-25(41)12-9-21(27)4)38(30)29-13-10-24(40)18-31(29)42(22(5)43)35(38)45/h9-14,17-19,26,30,34H,6-8,15-16,20H2,1-5H3,(H,46,47). The minimum absolute atomic E-state index is 0.138. The smallest absolute Gasteiger partial charge is 0.348 e. The normalized spacial score (nSPS) is 22.2. The molecule has 0 bridgehead atoms. The third kappa shape index (κ3) is 5.71. The lowest BCUT2D eigenvalue weighted by Gasteiger charge is -2.50. The lowest BCUT2D eigenvalue weighted by Crippen LogP contribution is -2.56. The average Bonchev–Trinajstić information content (AvgIpc) is 3.27. The van der Waals surface area contributed by atoms with Crippen molar-refractivity contribution in [1.82, 2.24) is 0 Å². The van der Waals surface area contributed by atoms with Gasteiger partial charge < -0.3 is 9.84 Å². The molecule has 1 N–H and O–H groups in total. The van der Waals surface area contributed by atoms with Crippen LogP contribution >= 0.6 is 23.2 Å². The van der Waals surface area contributed by atoms with E-state index >= 15 is 9.18 Å². The largest absolute Gasteiger partial charge is 0.478 e. The number of amides is 2. The van der Waals surface area contributed by atoms with Gasteiger partial charge in [0.15, 0.2) is 0 Å². The number of carbonyl (C=O) groups excluding carboxylic acids is 3. The first-order valence-corrected chi connectivity index (χ1v) is 17.2. The number of anilines is 1. The minimum Gasteiger partial charge on any atom is -0.478 e. The molecule has 1 spiro atoms. The molecule has 48 heavy (non-hydrogen) atoms. The Hall–Kier alpha value is -3.75. The molecular formula is C38H40Cl2FNO6. The molecule has 0 aromatic heterocycles. The maximum Gasteiger partial charge on any atom is 0.348 e. The zero-order valence-electron chi connectivity index (χ0n) is 27.7. The number of ketones is 1. The Kier molecular flexibility index (Phi) is 10.1. The maximum atomic E-state index is 15.3. The number of hydrogen-bond donors (Lipinski definition) is 1. The Bertz CT molecular complexity index is 1790. The number of carboxylic acid groups (broad SMARTS) is 1. The highest BCUT2D eigenvalue weighted by molar-refractivity contribution is 6.32. The third-order valence-electron chi connectivity index (χ3n) is 10.1. The van der Waals surface area contributed by atoms with Gasteiger partial charge in [0.25, 0.3) is 0 Å². The molecule has 10 heteroatoms. The van der Waals surface area contributed by atoms with Gasteiger partial charge in [-0.1, -0.05) is 68.9 Å². The van der Waals surface area contributed by atoms with Crippen LogP contribution in [-0.4, -0.2) is 34.3 Å². The fourth-order valence-electron chi connectivity index (χ4n) is 8.25. The van der Waals surface area contributed by atoms with Gasteiger partial charge in [0.05, 0.1) is 11.1 Å². The van der Waals surface area contributed by atoms with Crippen LogP contribution in [0.3, 0.4) is 0 Å². The van der Waals surface area contributed by atoms with Crippen molar-refractivity contribution in [3.63, 3.8) is 0 Å². The van der Waals surface area contributed by atoms with E-state index in [4.69, 9.17) is 27.9 Å². The quantitative estimate of drug-likeness (QED) is 0.227. The van der Waals surface area contributed by atoms with E-state index in [1.165, 1.54) is 19.1 Å². The van der Waals surface area contributed by atoms with Crippen LogP contribution in [0.15, 0.2) is 54.6 Å². The van der Waals surface area contributed by atoms with Gasteiger partial charge in [-0.15, -0.1) is 0 Å². The van der Waals surface area contributed by atoms with E-state index in [2.05, 4.69) is 0 Å². The SMILES string of the molecule is CCCC(CCC)(Oc1ccc(Cl)cc1C1CC(=O)C(CC)C(c2cc(F)ccc2C)C12C(=O)N(C(C)=O)c1cc(Cl)ccc12)C(=O)O. The molecule has 1 fully saturated rings. The maximum absolute atomic E-state index is 15.3. The van der Waals surface area contributed by atoms with Crippen LogP contribution < -0.4 is 9.64 Å². The Balaban J connectivity index is 1.91. The van der Waals surface area contributed by atoms with Crippen LogP contribution in [0.4, 0.5) is 10.1 Å².